The first-order chi connectivity index (χ1) is 11.6. The van der Waals surface area contributed by atoms with Gasteiger partial charge in [0, 0.05) is 50.5 Å². The van der Waals surface area contributed by atoms with E-state index in [4.69, 9.17) is 0 Å². The minimum atomic E-state index is -0.206. The topological polar surface area (TPSA) is 67.2 Å². The van der Waals surface area contributed by atoms with E-state index in [0.717, 1.165) is 36.8 Å². The molecule has 0 atom stereocenters. The summed E-state index contributed by atoms with van der Waals surface area (Å²) in [5, 5.41) is 8.72. The monoisotopic (exact) mass is 326 g/mol. The zero-order chi connectivity index (χ0) is 16.7. The van der Waals surface area contributed by atoms with Crippen molar-refractivity contribution in [3.8, 4) is 0 Å². The first-order valence-corrected chi connectivity index (χ1v) is 8.41. The van der Waals surface area contributed by atoms with Crippen LogP contribution < -0.4 is 10.6 Å². The van der Waals surface area contributed by atoms with Crippen molar-refractivity contribution < 1.29 is 0 Å². The average Bonchev–Trinajstić information content (AvgIpc) is 3.36. The van der Waals surface area contributed by atoms with Gasteiger partial charge in [-0.05, 0) is 38.1 Å². The summed E-state index contributed by atoms with van der Waals surface area (Å²) < 4.78 is 1.61. The minimum Gasteiger partial charge on any atom is -0.352 e. The van der Waals surface area contributed by atoms with E-state index in [0.29, 0.717) is 12.0 Å². The number of rotatable bonds is 5. The Kier molecular flexibility index (Phi) is 3.80. The fourth-order valence-electron chi connectivity index (χ4n) is 3.07. The van der Waals surface area contributed by atoms with E-state index >= 15 is 0 Å². The highest BCUT2D eigenvalue weighted by atomic mass is 16.1. The highest BCUT2D eigenvalue weighted by molar-refractivity contribution is 5.42. The van der Waals surface area contributed by atoms with Crippen molar-refractivity contribution in [2.24, 2.45) is 7.05 Å². The average molecular weight is 326 g/mol. The molecule has 2 aromatic rings. The summed E-state index contributed by atoms with van der Waals surface area (Å²) in [6.07, 6.45) is 4.08. The van der Waals surface area contributed by atoms with Crippen molar-refractivity contribution in [2.45, 2.75) is 31.3 Å². The second-order valence-electron chi connectivity index (χ2n) is 6.84. The lowest BCUT2D eigenvalue weighted by molar-refractivity contribution is 0.192. The van der Waals surface area contributed by atoms with E-state index in [1.54, 1.807) is 17.8 Å². The maximum atomic E-state index is 11.6. The number of hydrogen-bond donors (Lipinski definition) is 0. The summed E-state index contributed by atoms with van der Waals surface area (Å²) in [5.41, 5.74) is 1.90. The quantitative estimate of drug-likeness (QED) is 0.808. The lowest BCUT2D eigenvalue weighted by atomic mass is 10.1. The van der Waals surface area contributed by atoms with Crippen LogP contribution in [0.2, 0.25) is 0 Å². The van der Waals surface area contributed by atoms with Crippen LogP contribution in [0.15, 0.2) is 29.2 Å². The number of nitrogens with zero attached hydrogens (tertiary/aromatic N) is 6. The van der Waals surface area contributed by atoms with E-state index in [1.165, 1.54) is 12.8 Å². The van der Waals surface area contributed by atoms with Crippen molar-refractivity contribution in [3.63, 3.8) is 0 Å². The molecule has 0 unspecified atom stereocenters. The summed E-state index contributed by atoms with van der Waals surface area (Å²) >= 11 is 0. The molecule has 2 aromatic heterocycles. The Hall–Kier alpha value is -2.28. The Bertz CT molecular complexity index is 776. The number of aromatic nitrogens is 4. The van der Waals surface area contributed by atoms with Crippen molar-refractivity contribution in [1.29, 1.82) is 0 Å². The third-order valence-corrected chi connectivity index (χ3v) is 5.06. The highest BCUT2D eigenvalue weighted by Crippen LogP contribution is 2.38. The first kappa shape index (κ1) is 15.3. The van der Waals surface area contributed by atoms with Crippen LogP contribution in [0.1, 0.15) is 30.1 Å². The molecule has 1 aliphatic carbocycles. The first-order valence-electron chi connectivity index (χ1n) is 8.41. The third kappa shape index (κ3) is 2.91. The van der Waals surface area contributed by atoms with Gasteiger partial charge in [0.25, 0.3) is 0 Å². The zero-order valence-corrected chi connectivity index (χ0v) is 14.1. The predicted molar refractivity (Wildman–Crippen MR) is 91.0 cm³/mol. The summed E-state index contributed by atoms with van der Waals surface area (Å²) in [7, 11) is 3.86. The maximum Gasteiger partial charge on any atom is 0.347 e. The molecule has 7 heteroatoms. The summed E-state index contributed by atoms with van der Waals surface area (Å²) in [6.45, 7) is 2.61. The summed E-state index contributed by atoms with van der Waals surface area (Å²) in [5.74, 6) is 1.61. The van der Waals surface area contributed by atoms with Crippen LogP contribution in [0, 0.1) is 0 Å². The fourth-order valence-corrected chi connectivity index (χ4v) is 3.07. The molecule has 1 saturated carbocycles. The van der Waals surface area contributed by atoms with Crippen LogP contribution in [0.5, 0.6) is 0 Å². The fraction of sp³-hybridized carbons (Fsp3) is 0.529. The van der Waals surface area contributed by atoms with Crippen LogP contribution >= 0.6 is 0 Å². The predicted octanol–water partition coefficient (Wildman–Crippen LogP) is 0.768. The van der Waals surface area contributed by atoms with E-state index in [2.05, 4.69) is 44.2 Å². The molecule has 0 radical (unpaired) electrons. The SMILES string of the molecule is CN(Cc1ccnc(=O)n1C)C1CN(c2ccc(C3CC3)nn2)C1. The number of hydrogen-bond acceptors (Lipinski definition) is 6. The standard InChI is InChI=1S/C17H22N6O/c1-21(9-13-7-8-18-17(24)22(13)2)14-10-23(11-14)16-6-5-15(19-20-16)12-3-4-12/h5-8,12,14H,3-4,9-11H2,1-2H3. The molecular weight excluding hydrogens is 304 g/mol. The molecule has 7 nitrogen and oxygen atoms in total. The van der Waals surface area contributed by atoms with Gasteiger partial charge in [-0.3, -0.25) is 9.47 Å². The van der Waals surface area contributed by atoms with E-state index in [-0.39, 0.29) is 5.69 Å². The molecule has 24 heavy (non-hydrogen) atoms. The largest absolute Gasteiger partial charge is 0.352 e. The molecule has 4 rings (SSSR count). The normalized spacial score (nSPS) is 18.0. The smallest absolute Gasteiger partial charge is 0.347 e. The van der Waals surface area contributed by atoms with Gasteiger partial charge in [-0.25, -0.2) is 9.78 Å². The molecule has 2 aliphatic rings. The Morgan fingerprint density at radius 3 is 2.67 bits per heavy atom. The van der Waals surface area contributed by atoms with Gasteiger partial charge in [0.05, 0.1) is 5.69 Å². The molecule has 0 amide bonds. The summed E-state index contributed by atoms with van der Waals surface area (Å²) in [4.78, 5) is 19.9. The van der Waals surface area contributed by atoms with Crippen LogP contribution in [0.3, 0.4) is 0 Å². The van der Waals surface area contributed by atoms with Gasteiger partial charge in [0.15, 0.2) is 5.82 Å². The second-order valence-corrected chi connectivity index (χ2v) is 6.84. The minimum absolute atomic E-state index is 0.206. The zero-order valence-electron chi connectivity index (χ0n) is 14.1. The van der Waals surface area contributed by atoms with Crippen LogP contribution in [0.25, 0.3) is 0 Å². The van der Waals surface area contributed by atoms with Gasteiger partial charge in [0.2, 0.25) is 0 Å². The van der Waals surface area contributed by atoms with E-state index in [1.807, 2.05) is 6.07 Å². The molecule has 0 N–H and O–H groups in total. The van der Waals surface area contributed by atoms with Crippen LogP contribution in [0.4, 0.5) is 5.82 Å². The van der Waals surface area contributed by atoms with E-state index in [9.17, 15) is 4.79 Å². The molecule has 3 heterocycles. The Labute approximate surface area is 140 Å². The number of anilines is 1. The molecule has 2 fully saturated rings. The Morgan fingerprint density at radius 1 is 1.21 bits per heavy atom. The van der Waals surface area contributed by atoms with E-state index < -0.39 is 0 Å². The second kappa shape index (κ2) is 5.98. The maximum absolute atomic E-state index is 11.6. The molecule has 0 aromatic carbocycles. The molecule has 126 valence electrons. The molecule has 0 bridgehead atoms. The van der Waals surface area contributed by atoms with Gasteiger partial charge < -0.3 is 4.90 Å². The van der Waals surface area contributed by atoms with Crippen molar-refractivity contribution >= 4 is 5.82 Å². The van der Waals surface area contributed by atoms with Crippen molar-refractivity contribution in [1.82, 2.24) is 24.6 Å². The van der Waals surface area contributed by atoms with Gasteiger partial charge in [-0.2, -0.15) is 5.10 Å². The van der Waals surface area contributed by atoms with Crippen LogP contribution in [-0.4, -0.2) is 50.8 Å². The summed E-state index contributed by atoms with van der Waals surface area (Å²) in [6, 6.07) is 6.56. The molecule has 1 aliphatic heterocycles. The van der Waals surface area contributed by atoms with Gasteiger partial charge in [-0.1, -0.05) is 0 Å². The Morgan fingerprint density at radius 2 is 2.00 bits per heavy atom. The lowest BCUT2D eigenvalue weighted by Crippen LogP contribution is -2.58. The van der Waals surface area contributed by atoms with Crippen LogP contribution in [-0.2, 0) is 13.6 Å². The Balaban J connectivity index is 1.34. The molecule has 0 spiro atoms. The van der Waals surface area contributed by atoms with Gasteiger partial charge >= 0.3 is 5.69 Å². The van der Waals surface area contributed by atoms with Crippen molar-refractivity contribution in [3.05, 3.63) is 46.3 Å². The van der Waals surface area contributed by atoms with Crippen molar-refractivity contribution in [2.75, 3.05) is 25.0 Å². The molecule has 1 saturated heterocycles. The number of likely N-dealkylation sites (N-methyl/N-ethyl adjacent to an activating group) is 1. The van der Waals surface area contributed by atoms with Gasteiger partial charge in [-0.15, -0.1) is 5.10 Å². The third-order valence-electron chi connectivity index (χ3n) is 5.06. The molecular formula is C17H22N6O. The van der Waals surface area contributed by atoms with Gasteiger partial charge in [0.1, 0.15) is 0 Å². The highest BCUT2D eigenvalue weighted by Gasteiger charge is 2.32. The lowest BCUT2D eigenvalue weighted by Gasteiger charge is -2.44.